The number of aliphatic hydroxyl groups is 1. The van der Waals surface area contributed by atoms with Crippen LogP contribution in [0.5, 0.6) is 0 Å². The maximum absolute atomic E-state index is 12.8. The summed E-state index contributed by atoms with van der Waals surface area (Å²) in [6.07, 6.45) is 0. The van der Waals surface area contributed by atoms with Gasteiger partial charge >= 0.3 is 0 Å². The molecule has 2 heterocycles. The van der Waals surface area contributed by atoms with Gasteiger partial charge in [0.25, 0.3) is 5.91 Å². The number of nitrogens with zero attached hydrogens (tertiary/aromatic N) is 4. The molecule has 1 amide bonds. The molecule has 1 aliphatic heterocycles. The predicted molar refractivity (Wildman–Crippen MR) is 134 cm³/mol. The van der Waals surface area contributed by atoms with E-state index in [2.05, 4.69) is 37.6 Å². The molecule has 8 nitrogen and oxygen atoms in total. The first-order chi connectivity index (χ1) is 15.5. The van der Waals surface area contributed by atoms with Crippen molar-refractivity contribution in [3.8, 4) is 5.69 Å². The number of aliphatic imine (C=N–C) groups is 1. The lowest BCUT2D eigenvalue weighted by molar-refractivity contribution is 0.0948. The second-order valence-corrected chi connectivity index (χ2v) is 9.24. The Morgan fingerprint density at radius 2 is 2.06 bits per heavy atom. The van der Waals surface area contributed by atoms with Gasteiger partial charge in [0.2, 0.25) is 0 Å². The van der Waals surface area contributed by atoms with Gasteiger partial charge in [-0.2, -0.15) is 0 Å². The number of carbonyl (C=O) groups is 1. The van der Waals surface area contributed by atoms with Gasteiger partial charge in [0.1, 0.15) is 11.9 Å². The van der Waals surface area contributed by atoms with E-state index in [1.54, 1.807) is 18.2 Å². The van der Waals surface area contributed by atoms with Crippen LogP contribution < -0.4 is 5.32 Å². The van der Waals surface area contributed by atoms with Crippen LogP contribution >= 0.6 is 40.1 Å². The Kier molecular flexibility index (Phi) is 7.52. The number of hydrogen-bond acceptors (Lipinski definition) is 6. The van der Waals surface area contributed by atoms with E-state index >= 15 is 0 Å². The summed E-state index contributed by atoms with van der Waals surface area (Å²) in [6.45, 7) is 2.84. The van der Waals surface area contributed by atoms with Crippen LogP contribution in [-0.2, 0) is 4.52 Å². The highest BCUT2D eigenvalue weighted by molar-refractivity contribution is 14.2. The molecule has 11 heteroatoms. The molecule has 3 aromatic rings. The first kappa shape index (κ1) is 23.3. The van der Waals surface area contributed by atoms with E-state index in [-0.39, 0.29) is 12.5 Å². The number of aliphatic hydroxyl groups excluding tert-OH is 1. The van der Waals surface area contributed by atoms with E-state index < -0.39 is 6.04 Å². The Bertz CT molecular complexity index is 1170. The van der Waals surface area contributed by atoms with Crippen molar-refractivity contribution in [3.63, 3.8) is 0 Å². The van der Waals surface area contributed by atoms with E-state index in [0.29, 0.717) is 47.5 Å². The minimum Gasteiger partial charge on any atom is -0.394 e. The lowest BCUT2D eigenvalue weighted by atomic mass is 9.98. The number of nitrogens with one attached hydrogen (secondary N) is 1. The molecular weight excluding hydrogens is 564 g/mol. The number of amides is 1. The fourth-order valence-corrected chi connectivity index (χ4v) is 4.52. The van der Waals surface area contributed by atoms with Gasteiger partial charge < -0.3 is 14.9 Å². The number of halogens is 2. The quantitative estimate of drug-likeness (QED) is 0.250. The first-order valence-corrected chi connectivity index (χ1v) is 14.2. The molecule has 166 valence electrons. The number of aryl methyl sites for hydroxylation is 1. The maximum atomic E-state index is 12.8. The average molecular weight is 584 g/mol. The third-order valence-corrected chi connectivity index (χ3v) is 6.52. The molecule has 1 aromatic heterocycles. The zero-order valence-electron chi connectivity index (χ0n) is 17.0. The van der Waals surface area contributed by atoms with E-state index in [0.717, 1.165) is 16.8 Å². The van der Waals surface area contributed by atoms with Crippen LogP contribution in [0.3, 0.4) is 0 Å². The molecule has 0 radical (unpaired) electrons. The molecule has 0 saturated heterocycles. The third kappa shape index (κ3) is 4.72. The number of rotatable bonds is 7. The van der Waals surface area contributed by atoms with Crippen molar-refractivity contribution < 1.29 is 14.4 Å². The summed E-state index contributed by atoms with van der Waals surface area (Å²) >= 11 is 8.23. The Labute approximate surface area is 204 Å². The van der Waals surface area contributed by atoms with Gasteiger partial charge in [0, 0.05) is 28.3 Å². The molecule has 2 N–H and O–H groups in total. The van der Waals surface area contributed by atoms with Gasteiger partial charge in [0.05, 0.1) is 31.1 Å². The molecule has 0 bridgehead atoms. The van der Waals surface area contributed by atoms with Crippen LogP contribution in [0.2, 0.25) is 5.02 Å². The van der Waals surface area contributed by atoms with Crippen molar-refractivity contribution in [1.29, 1.82) is 0 Å². The van der Waals surface area contributed by atoms with Crippen molar-refractivity contribution in [3.05, 3.63) is 75.8 Å². The first-order valence-electron chi connectivity index (χ1n) is 9.80. The zero-order valence-corrected chi connectivity index (χ0v) is 21.0. The van der Waals surface area contributed by atoms with Gasteiger partial charge in [0.15, 0.2) is 5.82 Å². The number of carbonyl (C=O) groups excluding carboxylic acids is 1. The summed E-state index contributed by atoms with van der Waals surface area (Å²) < 4.78 is 7.18. The summed E-state index contributed by atoms with van der Waals surface area (Å²) in [4.78, 5) is 17.6. The largest absolute Gasteiger partial charge is 0.394 e. The molecule has 0 fully saturated rings. The zero-order chi connectivity index (χ0) is 22.7. The van der Waals surface area contributed by atoms with E-state index in [1.807, 2.05) is 35.8 Å². The van der Waals surface area contributed by atoms with E-state index in [9.17, 15) is 9.90 Å². The average Bonchev–Trinajstić information content (AvgIpc) is 3.12. The highest BCUT2D eigenvalue weighted by atomic mass is 127. The summed E-state index contributed by atoms with van der Waals surface area (Å²) in [6, 6.07) is 12.1. The molecule has 2 aromatic carbocycles. The van der Waals surface area contributed by atoms with Crippen molar-refractivity contribution >= 4 is 51.7 Å². The van der Waals surface area contributed by atoms with E-state index in [1.165, 1.54) is 0 Å². The van der Waals surface area contributed by atoms with Crippen LogP contribution in [-0.4, -0.2) is 51.2 Å². The summed E-state index contributed by atoms with van der Waals surface area (Å²) in [5.41, 5.74) is 3.49. The molecule has 32 heavy (non-hydrogen) atoms. The smallest absolute Gasteiger partial charge is 0.251 e. The van der Waals surface area contributed by atoms with Crippen molar-refractivity contribution in [2.45, 2.75) is 13.0 Å². The Hall–Kier alpha value is -1.91. The second-order valence-electron chi connectivity index (χ2n) is 7.04. The predicted octanol–water partition coefficient (Wildman–Crippen LogP) is 3.80. The van der Waals surface area contributed by atoms with Crippen molar-refractivity contribution in [2.75, 3.05) is 19.8 Å². The molecule has 1 unspecified atom stereocenters. The molecule has 0 saturated carbocycles. The molecular formula is C21H20ClIN5O3P. The molecule has 0 spiro atoms. The van der Waals surface area contributed by atoms with Crippen molar-refractivity contribution in [2.24, 2.45) is 4.99 Å². The molecule has 2 atom stereocenters. The lowest BCUT2D eigenvalue weighted by Crippen LogP contribution is -2.27. The lowest BCUT2D eigenvalue weighted by Gasteiger charge is -2.14. The SMILES string of the molecule is Cc1nnc2n1-c1ccc(C(=O)NCCOPI)cc1C(c1ccc(Cl)cc1)=N[C@H]2CO. The van der Waals surface area contributed by atoms with Crippen LogP contribution in [0, 0.1) is 6.92 Å². The monoisotopic (exact) mass is 583 g/mol. The highest BCUT2D eigenvalue weighted by Crippen LogP contribution is 2.31. The van der Waals surface area contributed by atoms with Gasteiger partial charge in [-0.05, 0) is 59.3 Å². The van der Waals surface area contributed by atoms with Gasteiger partial charge in [-0.15, -0.1) is 10.2 Å². The minimum absolute atomic E-state index is 0.202. The third-order valence-electron chi connectivity index (χ3n) is 5.02. The fourth-order valence-electron chi connectivity index (χ4n) is 3.55. The summed E-state index contributed by atoms with van der Waals surface area (Å²) in [5.74, 6) is 1.01. The highest BCUT2D eigenvalue weighted by Gasteiger charge is 2.28. The molecule has 0 aliphatic carbocycles. The number of aromatic nitrogens is 3. The number of hydrogen-bond donors (Lipinski definition) is 2. The van der Waals surface area contributed by atoms with Crippen LogP contribution in [0.4, 0.5) is 0 Å². The summed E-state index contributed by atoms with van der Waals surface area (Å²) in [7, 11) is 0. The Morgan fingerprint density at radius 1 is 1.28 bits per heavy atom. The van der Waals surface area contributed by atoms with Crippen LogP contribution in [0.1, 0.15) is 39.2 Å². The Morgan fingerprint density at radius 3 is 2.78 bits per heavy atom. The van der Waals surface area contributed by atoms with Gasteiger partial charge in [-0.25, -0.2) is 0 Å². The topological polar surface area (TPSA) is 102 Å². The fraction of sp³-hybridized carbons (Fsp3) is 0.238. The molecule has 1 aliphatic rings. The summed E-state index contributed by atoms with van der Waals surface area (Å²) in [5, 5.41) is 22.0. The van der Waals surface area contributed by atoms with Gasteiger partial charge in [-0.1, -0.05) is 23.7 Å². The van der Waals surface area contributed by atoms with Crippen LogP contribution in [0.15, 0.2) is 47.5 Å². The van der Waals surface area contributed by atoms with Gasteiger partial charge in [-0.3, -0.25) is 14.4 Å². The van der Waals surface area contributed by atoms with Crippen molar-refractivity contribution in [1.82, 2.24) is 20.1 Å². The molecule has 4 rings (SSSR count). The van der Waals surface area contributed by atoms with E-state index in [4.69, 9.17) is 21.1 Å². The normalized spacial score (nSPS) is 15.2. The standard InChI is InChI=1S/C21H20ClIN5O3P/c1-12-26-27-20-17(11-29)25-19(13-2-5-15(22)6-3-13)16-10-14(4-7-18(16)28(12)20)21(30)24-8-9-31-32-23/h2-7,10,17,29,32H,8-9,11H2,1H3,(H,24,30)/t17-/m0/s1. The minimum atomic E-state index is -0.599. The Balaban J connectivity index is 1.83. The maximum Gasteiger partial charge on any atom is 0.251 e. The number of fused-ring (bicyclic) bond motifs is 3. The second kappa shape index (κ2) is 10.4. The van der Waals surface area contributed by atoms with Crippen LogP contribution in [0.25, 0.3) is 5.69 Å². The number of benzene rings is 2.